The Labute approximate surface area is 136 Å². The molecule has 8 heteroatoms. The van der Waals surface area contributed by atoms with E-state index in [4.69, 9.17) is 11.6 Å². The smallest absolute Gasteiger partial charge is 0.275 e. The van der Waals surface area contributed by atoms with Gasteiger partial charge in [-0.2, -0.15) is 0 Å². The molecular weight excluding hydrogens is 323 g/mol. The number of nitrogens with one attached hydrogen (secondary N) is 2. The van der Waals surface area contributed by atoms with E-state index in [0.717, 1.165) is 12.1 Å². The van der Waals surface area contributed by atoms with Crippen molar-refractivity contribution in [2.24, 2.45) is 0 Å². The fourth-order valence-corrected chi connectivity index (χ4v) is 1.86. The van der Waals surface area contributed by atoms with Crippen molar-refractivity contribution >= 4 is 34.8 Å². The molecule has 2 rings (SSSR count). The molecule has 0 bridgehead atoms. The van der Waals surface area contributed by atoms with Crippen LogP contribution >= 0.6 is 11.6 Å². The molecule has 0 saturated carbocycles. The number of hydrogen-bond donors (Lipinski definition) is 2. The normalized spacial score (nSPS) is 10.0. The first kappa shape index (κ1) is 16.6. The van der Waals surface area contributed by atoms with Crippen LogP contribution in [0.15, 0.2) is 37.1 Å². The Morgan fingerprint density at radius 1 is 1.35 bits per heavy atom. The molecule has 0 aliphatic carbocycles. The van der Waals surface area contributed by atoms with Gasteiger partial charge in [0.25, 0.3) is 5.91 Å². The van der Waals surface area contributed by atoms with Gasteiger partial charge in [0.05, 0.1) is 16.9 Å². The van der Waals surface area contributed by atoms with Crippen molar-refractivity contribution < 1.29 is 14.0 Å². The highest BCUT2D eigenvalue weighted by Gasteiger charge is 2.14. The molecule has 0 unspecified atom stereocenters. The van der Waals surface area contributed by atoms with Crippen molar-refractivity contribution in [3.63, 3.8) is 0 Å². The Morgan fingerprint density at radius 3 is 2.78 bits per heavy atom. The van der Waals surface area contributed by atoms with E-state index in [-0.39, 0.29) is 22.1 Å². The van der Waals surface area contributed by atoms with E-state index >= 15 is 0 Å². The first-order valence-corrected chi connectivity index (χ1v) is 6.82. The van der Waals surface area contributed by atoms with Crippen LogP contribution in [0.5, 0.6) is 0 Å². The quantitative estimate of drug-likeness (QED) is 0.842. The summed E-state index contributed by atoms with van der Waals surface area (Å²) in [5.41, 5.74) is 0.181. The summed E-state index contributed by atoms with van der Waals surface area (Å²) in [5.74, 6) is -1.40. The van der Waals surface area contributed by atoms with Crippen LogP contribution in [0.2, 0.25) is 5.02 Å². The Kier molecular flexibility index (Phi) is 5.02. The minimum absolute atomic E-state index is 0.000156. The maximum absolute atomic E-state index is 13.6. The molecule has 0 aliphatic heterocycles. The fourth-order valence-electron chi connectivity index (χ4n) is 1.69. The summed E-state index contributed by atoms with van der Waals surface area (Å²) in [7, 11) is 0. The minimum Gasteiger partial charge on any atom is -0.321 e. The van der Waals surface area contributed by atoms with Gasteiger partial charge in [0.15, 0.2) is 5.69 Å². The van der Waals surface area contributed by atoms with Crippen molar-refractivity contribution in [2.45, 2.75) is 6.92 Å². The first-order chi connectivity index (χ1) is 10.9. The Balaban J connectivity index is 2.24. The summed E-state index contributed by atoms with van der Waals surface area (Å²) in [5, 5.41) is 4.92. The molecule has 6 nitrogen and oxygen atoms in total. The second kappa shape index (κ2) is 6.97. The SMILES string of the molecule is C=CC(=O)Nc1cc(NC(=O)c2nc(C)ncc2Cl)ccc1F. The van der Waals surface area contributed by atoms with Crippen LogP contribution in [0.1, 0.15) is 16.3 Å². The lowest BCUT2D eigenvalue weighted by molar-refractivity contribution is -0.111. The standard InChI is InChI=1S/C15H12ClFN4O2/c1-3-13(22)21-12-6-9(4-5-11(12)17)20-15(23)14-10(16)7-18-8(2)19-14/h3-7H,1H2,2H3,(H,20,23)(H,21,22). The summed E-state index contributed by atoms with van der Waals surface area (Å²) in [6.45, 7) is 4.90. The van der Waals surface area contributed by atoms with Crippen molar-refractivity contribution in [2.75, 3.05) is 10.6 Å². The number of carbonyl (C=O) groups is 2. The maximum atomic E-state index is 13.6. The third-order valence-corrected chi connectivity index (χ3v) is 3.02. The molecular formula is C15H12ClFN4O2. The largest absolute Gasteiger partial charge is 0.321 e. The van der Waals surface area contributed by atoms with Gasteiger partial charge in [0.2, 0.25) is 5.91 Å². The molecule has 0 saturated heterocycles. The Bertz CT molecular complexity index is 795. The highest BCUT2D eigenvalue weighted by molar-refractivity contribution is 6.33. The molecule has 0 spiro atoms. The zero-order valence-corrected chi connectivity index (χ0v) is 12.8. The summed E-state index contributed by atoms with van der Waals surface area (Å²) < 4.78 is 13.6. The van der Waals surface area contributed by atoms with Crippen LogP contribution in [-0.4, -0.2) is 21.8 Å². The summed E-state index contributed by atoms with van der Waals surface area (Å²) >= 11 is 5.89. The highest BCUT2D eigenvalue weighted by atomic mass is 35.5. The molecule has 2 aromatic rings. The van der Waals surface area contributed by atoms with Crippen molar-refractivity contribution in [3.8, 4) is 0 Å². The van der Waals surface area contributed by atoms with Gasteiger partial charge in [-0.15, -0.1) is 0 Å². The predicted molar refractivity (Wildman–Crippen MR) is 85.0 cm³/mol. The zero-order chi connectivity index (χ0) is 17.0. The molecule has 2 amide bonds. The molecule has 0 atom stereocenters. The summed E-state index contributed by atoms with van der Waals surface area (Å²) in [6.07, 6.45) is 2.33. The average molecular weight is 335 g/mol. The van der Waals surface area contributed by atoms with Gasteiger partial charge in [-0.05, 0) is 31.2 Å². The number of halogens is 2. The van der Waals surface area contributed by atoms with Crippen LogP contribution in [0.25, 0.3) is 0 Å². The Morgan fingerprint density at radius 2 is 2.09 bits per heavy atom. The van der Waals surface area contributed by atoms with Gasteiger partial charge in [0.1, 0.15) is 11.6 Å². The van der Waals surface area contributed by atoms with E-state index in [1.807, 2.05) is 0 Å². The van der Waals surface area contributed by atoms with Crippen molar-refractivity contribution in [1.29, 1.82) is 0 Å². The molecule has 118 valence electrons. The number of anilines is 2. The number of benzene rings is 1. The van der Waals surface area contributed by atoms with E-state index in [2.05, 4.69) is 27.2 Å². The van der Waals surface area contributed by atoms with Crippen molar-refractivity contribution in [1.82, 2.24) is 9.97 Å². The average Bonchev–Trinajstić information content (AvgIpc) is 2.52. The van der Waals surface area contributed by atoms with Gasteiger partial charge in [0, 0.05) is 5.69 Å². The third-order valence-electron chi connectivity index (χ3n) is 2.75. The number of carbonyl (C=O) groups excluding carboxylic acids is 2. The van der Waals surface area contributed by atoms with Crippen LogP contribution in [0, 0.1) is 12.7 Å². The number of amides is 2. The number of rotatable bonds is 4. The van der Waals surface area contributed by atoms with E-state index in [0.29, 0.717) is 5.82 Å². The van der Waals surface area contributed by atoms with Crippen LogP contribution < -0.4 is 10.6 Å². The third kappa shape index (κ3) is 4.10. The van der Waals surface area contributed by atoms with E-state index in [9.17, 15) is 14.0 Å². The molecule has 0 fully saturated rings. The van der Waals surface area contributed by atoms with Crippen LogP contribution in [0.4, 0.5) is 15.8 Å². The zero-order valence-electron chi connectivity index (χ0n) is 12.1. The highest BCUT2D eigenvalue weighted by Crippen LogP contribution is 2.21. The number of nitrogens with zero attached hydrogens (tertiary/aromatic N) is 2. The van der Waals surface area contributed by atoms with E-state index in [1.165, 1.54) is 18.3 Å². The lowest BCUT2D eigenvalue weighted by atomic mass is 10.2. The molecule has 23 heavy (non-hydrogen) atoms. The predicted octanol–water partition coefficient (Wildman–Crippen LogP) is 2.95. The lowest BCUT2D eigenvalue weighted by Crippen LogP contribution is -2.16. The second-order valence-electron chi connectivity index (χ2n) is 4.46. The van der Waals surface area contributed by atoms with E-state index < -0.39 is 17.6 Å². The van der Waals surface area contributed by atoms with Crippen LogP contribution in [0.3, 0.4) is 0 Å². The summed E-state index contributed by atoms with van der Waals surface area (Å²) in [4.78, 5) is 31.3. The lowest BCUT2D eigenvalue weighted by Gasteiger charge is -2.09. The van der Waals surface area contributed by atoms with Gasteiger partial charge in [-0.3, -0.25) is 9.59 Å². The van der Waals surface area contributed by atoms with Crippen LogP contribution in [-0.2, 0) is 4.79 Å². The topological polar surface area (TPSA) is 84.0 Å². The van der Waals surface area contributed by atoms with Gasteiger partial charge < -0.3 is 10.6 Å². The van der Waals surface area contributed by atoms with Gasteiger partial charge in [-0.1, -0.05) is 18.2 Å². The molecule has 1 aromatic heterocycles. The minimum atomic E-state index is -0.644. The second-order valence-corrected chi connectivity index (χ2v) is 4.86. The number of hydrogen-bond acceptors (Lipinski definition) is 4. The van der Waals surface area contributed by atoms with E-state index in [1.54, 1.807) is 6.92 Å². The first-order valence-electron chi connectivity index (χ1n) is 6.44. The van der Waals surface area contributed by atoms with Gasteiger partial charge in [-0.25, -0.2) is 14.4 Å². The Hall–Kier alpha value is -2.80. The molecule has 0 aliphatic rings. The summed E-state index contributed by atoms with van der Waals surface area (Å²) in [6, 6.07) is 3.73. The maximum Gasteiger partial charge on any atom is 0.275 e. The molecule has 1 heterocycles. The van der Waals surface area contributed by atoms with Crippen molar-refractivity contribution in [3.05, 3.63) is 59.4 Å². The molecule has 0 radical (unpaired) electrons. The molecule has 1 aromatic carbocycles. The van der Waals surface area contributed by atoms with Gasteiger partial charge >= 0.3 is 0 Å². The fraction of sp³-hybridized carbons (Fsp3) is 0.0667. The number of aryl methyl sites for hydroxylation is 1. The molecule has 2 N–H and O–H groups in total. The number of aromatic nitrogens is 2. The monoisotopic (exact) mass is 334 g/mol.